The number of nitrogens with one attached hydrogen (secondary N) is 1. The van der Waals surface area contributed by atoms with Crippen LogP contribution in [-0.2, 0) is 11.4 Å². The molecule has 0 fully saturated rings. The van der Waals surface area contributed by atoms with Crippen molar-refractivity contribution >= 4 is 23.8 Å². The minimum absolute atomic E-state index is 0.129. The van der Waals surface area contributed by atoms with Crippen LogP contribution in [0.5, 0.6) is 5.75 Å². The van der Waals surface area contributed by atoms with Crippen molar-refractivity contribution in [1.29, 1.82) is 0 Å². The van der Waals surface area contributed by atoms with Crippen molar-refractivity contribution in [2.75, 3.05) is 0 Å². The second-order valence-corrected chi connectivity index (χ2v) is 6.48. The average Bonchev–Trinajstić information content (AvgIpc) is 3.05. The van der Waals surface area contributed by atoms with Gasteiger partial charge in [-0.3, -0.25) is 5.10 Å². The number of carboxylic acids is 1. The fourth-order valence-electron chi connectivity index (χ4n) is 2.19. The minimum Gasteiger partial charge on any atom is -0.489 e. The average molecular weight is 367 g/mol. The van der Waals surface area contributed by atoms with Crippen LogP contribution in [0.3, 0.4) is 0 Å². The first-order valence-electron chi connectivity index (χ1n) is 7.89. The van der Waals surface area contributed by atoms with Gasteiger partial charge in [0.15, 0.2) is 0 Å². The van der Waals surface area contributed by atoms with Crippen LogP contribution in [0.2, 0.25) is 0 Å². The molecular weight excluding hydrogens is 350 g/mol. The normalized spacial score (nSPS) is 11.3. The first kappa shape index (κ1) is 17.8. The van der Waals surface area contributed by atoms with Crippen LogP contribution in [0.4, 0.5) is 0 Å². The molecule has 7 heteroatoms. The predicted octanol–water partition coefficient (Wildman–Crippen LogP) is 3.91. The summed E-state index contributed by atoms with van der Waals surface area (Å²) in [5.41, 5.74) is 1.79. The number of thioether (sulfide) groups is 1. The topological polar surface area (TPSA) is 88.1 Å². The van der Waals surface area contributed by atoms with E-state index >= 15 is 0 Å². The molecule has 0 amide bonds. The lowest BCUT2D eigenvalue weighted by Gasteiger charge is -2.07. The zero-order valence-electron chi connectivity index (χ0n) is 14.0. The molecule has 3 aromatic rings. The summed E-state index contributed by atoms with van der Waals surface area (Å²) in [7, 11) is 0. The quantitative estimate of drug-likeness (QED) is 0.486. The third-order valence-corrected chi connectivity index (χ3v) is 4.27. The highest BCUT2D eigenvalue weighted by atomic mass is 32.2. The van der Waals surface area contributed by atoms with E-state index in [1.54, 1.807) is 19.1 Å². The number of aromatic nitrogens is 3. The van der Waals surface area contributed by atoms with Gasteiger partial charge in [0.1, 0.15) is 23.1 Å². The van der Waals surface area contributed by atoms with Crippen molar-refractivity contribution in [3.8, 4) is 5.75 Å². The molecule has 1 aromatic heterocycles. The minimum atomic E-state index is -1.03. The maximum absolute atomic E-state index is 11.5. The molecule has 3 rings (SSSR count). The van der Waals surface area contributed by atoms with E-state index in [-0.39, 0.29) is 4.91 Å². The van der Waals surface area contributed by atoms with E-state index in [4.69, 9.17) is 4.74 Å². The third kappa shape index (κ3) is 4.97. The molecule has 0 atom stereocenters. The van der Waals surface area contributed by atoms with Gasteiger partial charge in [-0.2, -0.15) is 0 Å². The van der Waals surface area contributed by atoms with E-state index in [1.165, 1.54) is 0 Å². The molecule has 0 spiro atoms. The number of H-pyrrole nitrogens is 1. The summed E-state index contributed by atoms with van der Waals surface area (Å²) in [5, 5.41) is 16.5. The van der Waals surface area contributed by atoms with Crippen LogP contribution in [0.15, 0.2) is 64.7 Å². The number of ether oxygens (including phenoxy) is 1. The molecule has 0 aliphatic carbocycles. The second kappa shape index (κ2) is 8.35. The van der Waals surface area contributed by atoms with Gasteiger partial charge in [-0.1, -0.05) is 42.5 Å². The van der Waals surface area contributed by atoms with Gasteiger partial charge in [-0.15, -0.1) is 5.10 Å². The fraction of sp³-hybridized carbons (Fsp3) is 0.105. The van der Waals surface area contributed by atoms with Crippen molar-refractivity contribution in [2.24, 2.45) is 0 Å². The summed E-state index contributed by atoms with van der Waals surface area (Å²) in [5.74, 6) is 0.271. The molecule has 0 unspecified atom stereocenters. The molecule has 2 aromatic carbocycles. The molecule has 0 aliphatic rings. The van der Waals surface area contributed by atoms with E-state index in [9.17, 15) is 9.90 Å². The summed E-state index contributed by atoms with van der Waals surface area (Å²) in [4.78, 5) is 15.8. The van der Waals surface area contributed by atoms with Crippen LogP contribution < -0.4 is 4.74 Å². The lowest BCUT2D eigenvalue weighted by atomic mass is 10.2. The summed E-state index contributed by atoms with van der Waals surface area (Å²) in [6, 6.07) is 17.1. The Morgan fingerprint density at radius 2 is 2.04 bits per heavy atom. The highest BCUT2D eigenvalue weighted by molar-refractivity contribution is 8.04. The van der Waals surface area contributed by atoms with Gasteiger partial charge in [-0.25, -0.2) is 9.78 Å². The van der Waals surface area contributed by atoms with Crippen LogP contribution in [0.25, 0.3) is 6.08 Å². The SMILES string of the molecule is Cc1nc(S/C(=C\c2cccc(OCc3ccccc3)c2)C(=O)O)n[nH]1. The zero-order chi connectivity index (χ0) is 18.4. The van der Waals surface area contributed by atoms with Crippen molar-refractivity contribution in [1.82, 2.24) is 15.2 Å². The summed E-state index contributed by atoms with van der Waals surface area (Å²) >= 11 is 0.996. The Balaban J connectivity index is 1.74. The van der Waals surface area contributed by atoms with E-state index in [0.717, 1.165) is 22.9 Å². The maximum Gasteiger partial charge on any atom is 0.342 e. The van der Waals surface area contributed by atoms with Gasteiger partial charge in [-0.05, 0) is 48.0 Å². The molecule has 6 nitrogen and oxygen atoms in total. The van der Waals surface area contributed by atoms with Gasteiger partial charge in [0.25, 0.3) is 0 Å². The van der Waals surface area contributed by atoms with Gasteiger partial charge in [0.2, 0.25) is 5.16 Å². The Kier molecular flexibility index (Phi) is 5.70. The Hall–Kier alpha value is -3.06. The van der Waals surface area contributed by atoms with Crippen LogP contribution in [0.1, 0.15) is 17.0 Å². The van der Waals surface area contributed by atoms with Gasteiger partial charge in [0.05, 0.1) is 0 Å². The third-order valence-electron chi connectivity index (χ3n) is 3.39. The highest BCUT2D eigenvalue weighted by Crippen LogP contribution is 2.26. The van der Waals surface area contributed by atoms with Crippen molar-refractivity contribution in [3.63, 3.8) is 0 Å². The van der Waals surface area contributed by atoms with E-state index in [1.807, 2.05) is 48.5 Å². The van der Waals surface area contributed by atoms with Gasteiger partial charge >= 0.3 is 5.97 Å². The van der Waals surface area contributed by atoms with Crippen LogP contribution >= 0.6 is 11.8 Å². The number of aliphatic carboxylic acids is 1. The molecule has 0 saturated heterocycles. The van der Waals surface area contributed by atoms with Crippen molar-refractivity contribution in [3.05, 3.63) is 76.5 Å². The molecule has 0 saturated carbocycles. The predicted molar refractivity (Wildman–Crippen MR) is 99.8 cm³/mol. The Morgan fingerprint density at radius 3 is 2.73 bits per heavy atom. The van der Waals surface area contributed by atoms with E-state index < -0.39 is 5.97 Å². The Labute approximate surface area is 154 Å². The standard InChI is InChI=1S/C19H17N3O3S/c1-13-20-19(22-21-13)26-17(18(23)24)11-15-8-5-9-16(10-15)25-12-14-6-3-2-4-7-14/h2-11H,12H2,1H3,(H,23,24)(H,20,21,22)/b17-11-. The maximum atomic E-state index is 11.5. The lowest BCUT2D eigenvalue weighted by molar-refractivity contribution is -0.131. The molecule has 1 heterocycles. The molecule has 0 bridgehead atoms. The molecule has 26 heavy (non-hydrogen) atoms. The molecule has 132 valence electrons. The monoisotopic (exact) mass is 367 g/mol. The number of rotatable bonds is 7. The van der Waals surface area contributed by atoms with E-state index in [2.05, 4.69) is 15.2 Å². The number of benzene rings is 2. The zero-order valence-corrected chi connectivity index (χ0v) is 14.9. The number of aromatic amines is 1. The summed E-state index contributed by atoms with van der Waals surface area (Å²) in [6.45, 7) is 2.21. The Bertz CT molecular complexity index is 923. The number of aryl methyl sites for hydroxylation is 1. The van der Waals surface area contributed by atoms with Crippen LogP contribution in [-0.4, -0.2) is 26.3 Å². The number of hydrogen-bond acceptors (Lipinski definition) is 5. The van der Waals surface area contributed by atoms with Crippen molar-refractivity contribution < 1.29 is 14.6 Å². The number of hydrogen-bond donors (Lipinski definition) is 2. The summed E-state index contributed by atoms with van der Waals surface area (Å²) < 4.78 is 5.78. The smallest absolute Gasteiger partial charge is 0.342 e. The second-order valence-electron chi connectivity index (χ2n) is 5.47. The molecule has 2 N–H and O–H groups in total. The molecular formula is C19H17N3O3S. The number of carbonyl (C=O) groups is 1. The summed E-state index contributed by atoms with van der Waals surface area (Å²) in [6.07, 6.45) is 1.58. The van der Waals surface area contributed by atoms with Crippen molar-refractivity contribution in [2.45, 2.75) is 18.7 Å². The first-order chi connectivity index (χ1) is 12.6. The van der Waals surface area contributed by atoms with Gasteiger partial charge in [0, 0.05) is 0 Å². The molecule has 0 aliphatic heterocycles. The fourth-order valence-corrected chi connectivity index (χ4v) is 2.94. The Morgan fingerprint density at radius 1 is 1.23 bits per heavy atom. The van der Waals surface area contributed by atoms with E-state index in [0.29, 0.717) is 23.3 Å². The number of carboxylic acid groups (broad SMARTS) is 1. The first-order valence-corrected chi connectivity index (χ1v) is 8.70. The van der Waals surface area contributed by atoms with Gasteiger partial charge < -0.3 is 9.84 Å². The molecule has 0 radical (unpaired) electrons. The highest BCUT2D eigenvalue weighted by Gasteiger charge is 2.13. The number of nitrogens with zero attached hydrogens (tertiary/aromatic N) is 2. The largest absolute Gasteiger partial charge is 0.489 e. The van der Waals surface area contributed by atoms with Crippen LogP contribution in [0, 0.1) is 6.92 Å². The lowest BCUT2D eigenvalue weighted by Crippen LogP contribution is -1.98.